The molecule has 2 heterocycles. The highest BCUT2D eigenvalue weighted by atomic mass is 16.5. The molecule has 0 aliphatic carbocycles. The predicted octanol–water partition coefficient (Wildman–Crippen LogP) is 1.06. The van der Waals surface area contributed by atoms with E-state index in [-0.39, 0.29) is 17.2 Å². The van der Waals surface area contributed by atoms with Crippen molar-refractivity contribution in [1.29, 1.82) is 0 Å². The van der Waals surface area contributed by atoms with Gasteiger partial charge in [-0.25, -0.2) is 4.68 Å². The van der Waals surface area contributed by atoms with E-state index in [4.69, 9.17) is 4.74 Å². The molecule has 3 rings (SSSR count). The second-order valence-electron chi connectivity index (χ2n) is 5.64. The van der Waals surface area contributed by atoms with Crippen molar-refractivity contribution in [3.05, 3.63) is 64.1 Å². The van der Waals surface area contributed by atoms with Crippen molar-refractivity contribution in [2.75, 3.05) is 19.8 Å². The van der Waals surface area contributed by atoms with Gasteiger partial charge in [0.25, 0.3) is 11.5 Å². The normalized spacial score (nSPS) is 17.1. The average Bonchev–Trinajstić information content (AvgIpc) is 3.09. The monoisotopic (exact) mass is 313 g/mol. The summed E-state index contributed by atoms with van der Waals surface area (Å²) in [5.41, 5.74) is 0.983. The molecular weight excluding hydrogens is 294 g/mol. The molecule has 1 aromatic carbocycles. The summed E-state index contributed by atoms with van der Waals surface area (Å²) in [7, 11) is 0. The van der Waals surface area contributed by atoms with Crippen molar-refractivity contribution in [1.82, 2.24) is 15.1 Å². The van der Waals surface area contributed by atoms with Crippen LogP contribution in [0.3, 0.4) is 0 Å². The first kappa shape index (κ1) is 15.4. The number of hydrogen-bond donors (Lipinski definition) is 1. The van der Waals surface area contributed by atoms with Gasteiger partial charge in [-0.2, -0.15) is 5.10 Å². The molecule has 1 atom stereocenters. The van der Waals surface area contributed by atoms with Crippen LogP contribution in [0.5, 0.6) is 0 Å². The van der Waals surface area contributed by atoms with Gasteiger partial charge in [-0.05, 0) is 18.1 Å². The van der Waals surface area contributed by atoms with E-state index in [1.165, 1.54) is 16.8 Å². The lowest BCUT2D eigenvalue weighted by molar-refractivity contribution is 0.0937. The summed E-state index contributed by atoms with van der Waals surface area (Å²) in [4.78, 5) is 24.1. The first-order chi connectivity index (χ1) is 11.2. The molecule has 1 aliphatic rings. The van der Waals surface area contributed by atoms with E-state index >= 15 is 0 Å². The van der Waals surface area contributed by atoms with Gasteiger partial charge < -0.3 is 10.1 Å². The summed E-state index contributed by atoms with van der Waals surface area (Å²) in [6.45, 7) is 2.34. The molecule has 1 aliphatic heterocycles. The van der Waals surface area contributed by atoms with Crippen LogP contribution in [0.25, 0.3) is 0 Å². The number of nitrogens with one attached hydrogen (secondary N) is 1. The number of benzene rings is 1. The van der Waals surface area contributed by atoms with Crippen LogP contribution in [0.4, 0.5) is 0 Å². The standard InChI is InChI=1S/C17H19N3O3/c21-16-7-6-15(17(22)18-10-14-8-9-23-12-14)19-20(16)11-13-4-2-1-3-5-13/h1-7,14H,8-12H2,(H,18,22). The number of amides is 1. The molecule has 1 fully saturated rings. The third kappa shape index (κ3) is 4.04. The van der Waals surface area contributed by atoms with Crippen LogP contribution in [0, 0.1) is 5.92 Å². The third-order valence-electron chi connectivity index (χ3n) is 3.85. The molecule has 1 N–H and O–H groups in total. The highest BCUT2D eigenvalue weighted by molar-refractivity contribution is 5.91. The molecule has 1 saturated heterocycles. The Kier molecular flexibility index (Phi) is 4.83. The summed E-state index contributed by atoms with van der Waals surface area (Å²) in [6, 6.07) is 12.4. The number of hydrogen-bond acceptors (Lipinski definition) is 4. The van der Waals surface area contributed by atoms with Crippen molar-refractivity contribution in [3.63, 3.8) is 0 Å². The lowest BCUT2D eigenvalue weighted by atomic mass is 10.1. The molecule has 1 aromatic heterocycles. The molecule has 6 nitrogen and oxygen atoms in total. The van der Waals surface area contributed by atoms with Crippen molar-refractivity contribution in [2.45, 2.75) is 13.0 Å². The molecule has 0 spiro atoms. The van der Waals surface area contributed by atoms with Crippen LogP contribution in [0.2, 0.25) is 0 Å². The largest absolute Gasteiger partial charge is 0.381 e. The summed E-state index contributed by atoms with van der Waals surface area (Å²) >= 11 is 0. The number of nitrogens with zero attached hydrogens (tertiary/aromatic N) is 2. The molecule has 23 heavy (non-hydrogen) atoms. The number of rotatable bonds is 5. The van der Waals surface area contributed by atoms with Crippen molar-refractivity contribution in [2.24, 2.45) is 5.92 Å². The highest BCUT2D eigenvalue weighted by Crippen LogP contribution is 2.10. The van der Waals surface area contributed by atoms with Gasteiger partial charge in [0, 0.05) is 25.1 Å². The number of carbonyl (C=O) groups excluding carboxylic acids is 1. The fourth-order valence-corrected chi connectivity index (χ4v) is 2.51. The molecule has 6 heteroatoms. The fourth-order valence-electron chi connectivity index (χ4n) is 2.51. The first-order valence-corrected chi connectivity index (χ1v) is 7.70. The maximum Gasteiger partial charge on any atom is 0.271 e. The number of ether oxygens (including phenoxy) is 1. The Morgan fingerprint density at radius 1 is 1.26 bits per heavy atom. The van der Waals surface area contributed by atoms with Crippen LogP contribution in [0.15, 0.2) is 47.3 Å². The molecular formula is C17H19N3O3. The maximum absolute atomic E-state index is 12.2. The molecule has 0 bridgehead atoms. The molecule has 0 saturated carbocycles. The SMILES string of the molecule is O=C(NCC1CCOC1)c1ccc(=O)n(Cc2ccccc2)n1. The topological polar surface area (TPSA) is 73.2 Å². The highest BCUT2D eigenvalue weighted by Gasteiger charge is 2.17. The van der Waals surface area contributed by atoms with E-state index in [1.54, 1.807) is 0 Å². The van der Waals surface area contributed by atoms with E-state index in [0.717, 1.165) is 18.6 Å². The lowest BCUT2D eigenvalue weighted by Crippen LogP contribution is -2.32. The van der Waals surface area contributed by atoms with Crippen molar-refractivity contribution in [3.8, 4) is 0 Å². The Morgan fingerprint density at radius 3 is 2.83 bits per heavy atom. The van der Waals surface area contributed by atoms with E-state index in [0.29, 0.717) is 25.6 Å². The average molecular weight is 313 g/mol. The van der Waals surface area contributed by atoms with Gasteiger partial charge in [0.1, 0.15) is 5.69 Å². The van der Waals surface area contributed by atoms with E-state index in [1.807, 2.05) is 30.3 Å². The number of carbonyl (C=O) groups is 1. The van der Waals surface area contributed by atoms with Crippen molar-refractivity contribution >= 4 is 5.91 Å². The molecule has 2 aromatic rings. The fraction of sp³-hybridized carbons (Fsp3) is 0.353. The van der Waals surface area contributed by atoms with Crippen LogP contribution >= 0.6 is 0 Å². The Bertz CT molecular complexity index is 721. The van der Waals surface area contributed by atoms with E-state index < -0.39 is 0 Å². The summed E-state index contributed by atoms with van der Waals surface area (Å²) < 4.78 is 6.59. The third-order valence-corrected chi connectivity index (χ3v) is 3.85. The second-order valence-corrected chi connectivity index (χ2v) is 5.64. The lowest BCUT2D eigenvalue weighted by Gasteiger charge is -2.10. The van der Waals surface area contributed by atoms with Gasteiger partial charge in [-0.1, -0.05) is 30.3 Å². The molecule has 1 amide bonds. The minimum Gasteiger partial charge on any atom is -0.381 e. The minimum absolute atomic E-state index is 0.227. The Hall–Kier alpha value is -2.47. The smallest absolute Gasteiger partial charge is 0.271 e. The summed E-state index contributed by atoms with van der Waals surface area (Å²) in [6.07, 6.45) is 0.960. The van der Waals surface area contributed by atoms with Crippen LogP contribution in [-0.4, -0.2) is 35.4 Å². The Labute approximate surface area is 134 Å². The zero-order valence-corrected chi connectivity index (χ0v) is 12.8. The predicted molar refractivity (Wildman–Crippen MR) is 85.3 cm³/mol. The van der Waals surface area contributed by atoms with Gasteiger partial charge >= 0.3 is 0 Å². The van der Waals surface area contributed by atoms with Gasteiger partial charge in [0.05, 0.1) is 13.2 Å². The maximum atomic E-state index is 12.2. The van der Waals surface area contributed by atoms with Gasteiger partial charge in [-0.15, -0.1) is 0 Å². The quantitative estimate of drug-likeness (QED) is 0.896. The Balaban J connectivity index is 1.69. The summed E-state index contributed by atoms with van der Waals surface area (Å²) in [5.74, 6) is 0.0906. The Morgan fingerprint density at radius 2 is 2.09 bits per heavy atom. The number of aromatic nitrogens is 2. The van der Waals surface area contributed by atoms with Crippen LogP contribution in [-0.2, 0) is 11.3 Å². The van der Waals surface area contributed by atoms with E-state index in [9.17, 15) is 9.59 Å². The zero-order chi connectivity index (χ0) is 16.1. The van der Waals surface area contributed by atoms with Gasteiger partial charge in [-0.3, -0.25) is 9.59 Å². The van der Waals surface area contributed by atoms with E-state index in [2.05, 4.69) is 10.4 Å². The summed E-state index contributed by atoms with van der Waals surface area (Å²) in [5, 5.41) is 7.03. The minimum atomic E-state index is -0.265. The van der Waals surface area contributed by atoms with Crippen molar-refractivity contribution < 1.29 is 9.53 Å². The molecule has 120 valence electrons. The zero-order valence-electron chi connectivity index (χ0n) is 12.8. The van der Waals surface area contributed by atoms with Crippen LogP contribution in [0.1, 0.15) is 22.5 Å². The molecule has 1 unspecified atom stereocenters. The van der Waals surface area contributed by atoms with Gasteiger partial charge in [0.15, 0.2) is 0 Å². The second kappa shape index (κ2) is 7.19. The van der Waals surface area contributed by atoms with Crippen LogP contribution < -0.4 is 10.9 Å². The first-order valence-electron chi connectivity index (χ1n) is 7.70. The van der Waals surface area contributed by atoms with Gasteiger partial charge in [0.2, 0.25) is 0 Å². The molecule has 0 radical (unpaired) electrons.